The third kappa shape index (κ3) is 4.83. The molecule has 2 N–H and O–H groups in total. The number of hydrogen-bond acceptors (Lipinski definition) is 4. The molecule has 1 rings (SSSR count). The smallest absolute Gasteiger partial charge is 0.496 e. The molecule has 0 amide bonds. The predicted octanol–water partition coefficient (Wildman–Crippen LogP) is 2.99. The van der Waals surface area contributed by atoms with E-state index in [0.717, 1.165) is 7.11 Å². The average molecular weight is 388 g/mol. The number of alkyl halides is 6. The summed E-state index contributed by atoms with van der Waals surface area (Å²) < 4.78 is 88.4. The second-order valence-corrected chi connectivity index (χ2v) is 6.67. The van der Waals surface area contributed by atoms with Crippen molar-refractivity contribution in [3.8, 4) is 5.75 Å². The van der Waals surface area contributed by atoms with E-state index in [0.29, 0.717) is 6.07 Å². The van der Waals surface area contributed by atoms with Crippen LogP contribution in [0.15, 0.2) is 12.1 Å². The molecule has 0 aliphatic carbocycles. The van der Waals surface area contributed by atoms with E-state index in [9.17, 15) is 36.5 Å². The van der Waals surface area contributed by atoms with Gasteiger partial charge in [-0.3, -0.25) is 0 Å². The Hall–Kier alpha value is -1.46. The molecule has 0 radical (unpaired) electrons. The minimum Gasteiger partial charge on any atom is -0.497 e. The van der Waals surface area contributed by atoms with Crippen molar-refractivity contribution >= 4 is 12.6 Å². The molecule has 0 fully saturated rings. The molecule has 148 valence electrons. The van der Waals surface area contributed by atoms with Crippen molar-refractivity contribution in [2.45, 2.75) is 51.2 Å². The van der Waals surface area contributed by atoms with Gasteiger partial charge in [0.2, 0.25) is 0 Å². The van der Waals surface area contributed by atoms with Crippen molar-refractivity contribution < 1.29 is 45.9 Å². The quantitative estimate of drug-likeness (QED) is 0.602. The van der Waals surface area contributed by atoms with E-state index in [4.69, 9.17) is 4.65 Å². The molecule has 0 atom stereocenters. The molecule has 0 unspecified atom stereocenters. The van der Waals surface area contributed by atoms with Gasteiger partial charge in [0.15, 0.2) is 0 Å². The Balaban J connectivity index is 3.59. The Morgan fingerprint density at radius 1 is 0.923 bits per heavy atom. The van der Waals surface area contributed by atoms with E-state index in [2.05, 4.69) is 4.74 Å². The number of methoxy groups -OCH3 is 1. The Labute approximate surface area is 146 Å². The number of hydrogen-bond donors (Lipinski definition) is 2. The van der Waals surface area contributed by atoms with E-state index in [1.807, 2.05) is 0 Å². The minimum absolute atomic E-state index is 0.123. The number of aliphatic hydroxyl groups is 1. The Morgan fingerprint density at radius 2 is 1.42 bits per heavy atom. The van der Waals surface area contributed by atoms with Crippen molar-refractivity contribution in [2.75, 3.05) is 7.11 Å². The Kier molecular flexibility index (Phi) is 6.02. The van der Waals surface area contributed by atoms with Crippen LogP contribution in [0.2, 0.25) is 0 Å². The molecule has 0 saturated heterocycles. The molecule has 26 heavy (non-hydrogen) atoms. The summed E-state index contributed by atoms with van der Waals surface area (Å²) in [6.45, 7) is 5.21. The van der Waals surface area contributed by atoms with Gasteiger partial charge in [0.25, 0.3) is 0 Å². The van der Waals surface area contributed by atoms with Gasteiger partial charge in [0, 0.05) is 5.46 Å². The molecule has 1 aromatic rings. The SMILES string of the molecule is COc1cc(C(F)(F)F)cc(C(F)(F)F)c1B(O)OC(C)(C)C(C)(C)O. The van der Waals surface area contributed by atoms with Gasteiger partial charge in [-0.25, -0.2) is 0 Å². The first-order valence-electron chi connectivity index (χ1n) is 7.36. The average Bonchev–Trinajstić information content (AvgIpc) is 2.41. The van der Waals surface area contributed by atoms with Crippen LogP contribution in [0, 0.1) is 0 Å². The highest BCUT2D eigenvalue weighted by molar-refractivity contribution is 6.61. The van der Waals surface area contributed by atoms with Crippen LogP contribution in [0.1, 0.15) is 38.8 Å². The van der Waals surface area contributed by atoms with Crippen LogP contribution in [-0.4, -0.2) is 35.6 Å². The molecule has 0 saturated carbocycles. The zero-order chi connectivity index (χ0) is 20.7. The number of halogens is 6. The number of rotatable bonds is 5. The monoisotopic (exact) mass is 388 g/mol. The first-order valence-corrected chi connectivity index (χ1v) is 7.36. The largest absolute Gasteiger partial charge is 0.497 e. The van der Waals surface area contributed by atoms with Crippen LogP contribution >= 0.6 is 0 Å². The third-order valence-corrected chi connectivity index (χ3v) is 4.12. The Morgan fingerprint density at radius 3 is 1.77 bits per heavy atom. The standard InChI is InChI=1S/C15H19BF6O4/c1-12(2,23)13(3,4)26-16(24)11-9(15(20,21)22)6-8(14(17,18)19)7-10(11)25-5/h6-7,23-24H,1-5H3. The summed E-state index contributed by atoms with van der Waals surface area (Å²) in [6, 6.07) is 0.218. The second kappa shape index (κ2) is 6.93. The van der Waals surface area contributed by atoms with Gasteiger partial charge in [-0.15, -0.1) is 0 Å². The molecule has 0 aromatic heterocycles. The summed E-state index contributed by atoms with van der Waals surface area (Å²) in [5.74, 6) is -0.841. The maximum absolute atomic E-state index is 13.3. The van der Waals surface area contributed by atoms with Gasteiger partial charge >= 0.3 is 19.5 Å². The number of ether oxygens (including phenoxy) is 1. The molecule has 11 heteroatoms. The van der Waals surface area contributed by atoms with E-state index in [1.165, 1.54) is 27.7 Å². The summed E-state index contributed by atoms with van der Waals surface area (Å²) in [6.07, 6.45) is -10.3. The predicted molar refractivity (Wildman–Crippen MR) is 82.1 cm³/mol. The van der Waals surface area contributed by atoms with Crippen LogP contribution in [0.5, 0.6) is 5.75 Å². The molecular formula is C15H19BF6O4. The lowest BCUT2D eigenvalue weighted by Crippen LogP contribution is -2.54. The van der Waals surface area contributed by atoms with Crippen molar-refractivity contribution in [3.63, 3.8) is 0 Å². The van der Waals surface area contributed by atoms with Gasteiger partial charge in [-0.2, -0.15) is 26.3 Å². The Bertz CT molecular complexity index is 649. The first kappa shape index (κ1) is 22.6. The van der Waals surface area contributed by atoms with Gasteiger partial charge in [-0.05, 0) is 39.8 Å². The molecule has 0 bridgehead atoms. The summed E-state index contributed by atoms with van der Waals surface area (Å²) in [4.78, 5) is 0. The van der Waals surface area contributed by atoms with E-state index >= 15 is 0 Å². The highest BCUT2D eigenvalue weighted by Crippen LogP contribution is 2.38. The normalized spacial score (nSPS) is 13.7. The van der Waals surface area contributed by atoms with E-state index in [1.54, 1.807) is 0 Å². The summed E-state index contributed by atoms with van der Waals surface area (Å²) in [5, 5.41) is 20.2. The number of benzene rings is 1. The highest BCUT2D eigenvalue weighted by Gasteiger charge is 2.46. The lowest BCUT2D eigenvalue weighted by Gasteiger charge is -2.38. The zero-order valence-electron chi connectivity index (χ0n) is 14.7. The first-order chi connectivity index (χ1) is 11.4. The maximum Gasteiger partial charge on any atom is 0.496 e. The summed E-state index contributed by atoms with van der Waals surface area (Å²) in [7, 11) is -1.43. The fourth-order valence-corrected chi connectivity index (χ4v) is 1.93. The van der Waals surface area contributed by atoms with Gasteiger partial charge in [-0.1, -0.05) is 0 Å². The molecule has 0 spiro atoms. The van der Waals surface area contributed by atoms with Gasteiger partial charge < -0.3 is 19.5 Å². The lowest BCUT2D eigenvalue weighted by atomic mass is 9.72. The summed E-state index contributed by atoms with van der Waals surface area (Å²) in [5.41, 5.74) is -7.46. The minimum atomic E-state index is -5.22. The zero-order valence-corrected chi connectivity index (χ0v) is 14.7. The molecule has 4 nitrogen and oxygen atoms in total. The van der Waals surface area contributed by atoms with Crippen molar-refractivity contribution in [3.05, 3.63) is 23.3 Å². The van der Waals surface area contributed by atoms with Crippen LogP contribution in [0.4, 0.5) is 26.3 Å². The summed E-state index contributed by atoms with van der Waals surface area (Å²) >= 11 is 0. The molecule has 1 aromatic carbocycles. The van der Waals surface area contributed by atoms with E-state index in [-0.39, 0.29) is 6.07 Å². The maximum atomic E-state index is 13.3. The second-order valence-electron chi connectivity index (χ2n) is 6.67. The highest BCUT2D eigenvalue weighted by atomic mass is 19.4. The molecule has 0 heterocycles. The fourth-order valence-electron chi connectivity index (χ4n) is 1.93. The molecule has 0 aliphatic rings. The van der Waals surface area contributed by atoms with Crippen molar-refractivity contribution in [1.82, 2.24) is 0 Å². The van der Waals surface area contributed by atoms with Crippen molar-refractivity contribution in [1.29, 1.82) is 0 Å². The molecular weight excluding hydrogens is 369 g/mol. The molecule has 0 aliphatic heterocycles. The van der Waals surface area contributed by atoms with Gasteiger partial charge in [0.1, 0.15) is 5.75 Å². The third-order valence-electron chi connectivity index (χ3n) is 4.12. The van der Waals surface area contributed by atoms with Crippen LogP contribution < -0.4 is 10.2 Å². The van der Waals surface area contributed by atoms with Crippen LogP contribution in [-0.2, 0) is 17.0 Å². The van der Waals surface area contributed by atoms with Gasteiger partial charge in [0.05, 0.1) is 29.4 Å². The van der Waals surface area contributed by atoms with Crippen molar-refractivity contribution in [2.24, 2.45) is 0 Å². The van der Waals surface area contributed by atoms with E-state index < -0.39 is 53.0 Å². The lowest BCUT2D eigenvalue weighted by molar-refractivity contribution is -0.143. The van der Waals surface area contributed by atoms with Crippen LogP contribution in [0.3, 0.4) is 0 Å². The topological polar surface area (TPSA) is 58.9 Å². The fraction of sp³-hybridized carbons (Fsp3) is 0.600. The van der Waals surface area contributed by atoms with Crippen LogP contribution in [0.25, 0.3) is 0 Å².